The molecule has 1 atom stereocenters. The third-order valence-electron chi connectivity index (χ3n) is 6.59. The summed E-state index contributed by atoms with van der Waals surface area (Å²) in [5.41, 5.74) is 3.04. The first-order valence-corrected chi connectivity index (χ1v) is 15.3. The normalized spacial score (nSPS) is 12.5. The molecule has 40 heavy (non-hydrogen) atoms. The van der Waals surface area contributed by atoms with Crippen molar-refractivity contribution in [1.82, 2.24) is 10.2 Å². The zero-order chi connectivity index (χ0) is 29.7. The van der Waals surface area contributed by atoms with Gasteiger partial charge >= 0.3 is 0 Å². The maximum atomic E-state index is 14.2. The molecule has 0 saturated heterocycles. The molecule has 1 N–H and O–H groups in total. The van der Waals surface area contributed by atoms with Crippen LogP contribution in [-0.4, -0.2) is 49.5 Å². The lowest BCUT2D eigenvalue weighted by molar-refractivity contribution is -0.140. The number of carbonyl (C=O) groups is 2. The summed E-state index contributed by atoms with van der Waals surface area (Å²) in [7, 11) is -3.84. The number of anilines is 1. The molecule has 0 radical (unpaired) electrons. The smallest absolute Gasteiger partial charge is 0.244 e. The van der Waals surface area contributed by atoms with Crippen molar-refractivity contribution in [2.45, 2.75) is 59.2 Å². The molecule has 0 spiro atoms. The summed E-state index contributed by atoms with van der Waals surface area (Å²) in [5, 5.41) is 3.46. The second-order valence-corrected chi connectivity index (χ2v) is 13.4. The van der Waals surface area contributed by atoms with Crippen molar-refractivity contribution in [3.8, 4) is 0 Å². The van der Waals surface area contributed by atoms with Gasteiger partial charge in [0.25, 0.3) is 0 Å². The highest BCUT2D eigenvalue weighted by Crippen LogP contribution is 2.26. The molecule has 0 fully saturated rings. The van der Waals surface area contributed by atoms with Crippen LogP contribution in [0.5, 0.6) is 0 Å². The third-order valence-corrected chi connectivity index (χ3v) is 8.09. The minimum atomic E-state index is -3.84. The fourth-order valence-electron chi connectivity index (χ4n) is 4.42. The van der Waals surface area contributed by atoms with E-state index in [1.807, 2.05) is 77.1 Å². The van der Waals surface area contributed by atoms with Crippen LogP contribution in [0.3, 0.4) is 0 Å². The van der Waals surface area contributed by atoms with E-state index >= 15 is 0 Å². The number of amides is 2. The van der Waals surface area contributed by atoms with E-state index in [-0.39, 0.29) is 18.9 Å². The van der Waals surface area contributed by atoms with Gasteiger partial charge in [-0.3, -0.25) is 13.9 Å². The predicted octanol–water partition coefficient (Wildman–Crippen LogP) is 5.28. The maximum absolute atomic E-state index is 14.2. The van der Waals surface area contributed by atoms with Crippen LogP contribution >= 0.6 is 11.6 Å². The van der Waals surface area contributed by atoms with Gasteiger partial charge in [-0.25, -0.2) is 8.42 Å². The monoisotopic (exact) mass is 583 g/mol. The summed E-state index contributed by atoms with van der Waals surface area (Å²) >= 11 is 6.49. The summed E-state index contributed by atoms with van der Waals surface area (Å²) in [6, 6.07) is 20.9. The van der Waals surface area contributed by atoms with E-state index in [1.54, 1.807) is 30.3 Å². The van der Waals surface area contributed by atoms with Crippen molar-refractivity contribution in [3.05, 3.63) is 100 Å². The number of nitrogens with zero attached hydrogens (tertiary/aromatic N) is 2. The second kappa shape index (κ2) is 12.9. The number of carbonyl (C=O) groups excluding carboxylic acids is 2. The van der Waals surface area contributed by atoms with Crippen LogP contribution in [0, 0.1) is 13.8 Å². The highest BCUT2D eigenvalue weighted by atomic mass is 35.5. The topological polar surface area (TPSA) is 86.8 Å². The molecule has 0 aliphatic heterocycles. The molecule has 214 valence electrons. The molecule has 0 bridgehead atoms. The van der Waals surface area contributed by atoms with Crippen molar-refractivity contribution in [2.75, 3.05) is 17.1 Å². The van der Waals surface area contributed by atoms with Crippen molar-refractivity contribution >= 4 is 39.1 Å². The average molecular weight is 584 g/mol. The zero-order valence-corrected chi connectivity index (χ0v) is 25.5. The van der Waals surface area contributed by atoms with Gasteiger partial charge in [0, 0.05) is 23.5 Å². The molecule has 3 rings (SSSR count). The van der Waals surface area contributed by atoms with Crippen LogP contribution < -0.4 is 9.62 Å². The number of aryl methyl sites for hydroxylation is 1. The molecule has 2 amide bonds. The van der Waals surface area contributed by atoms with Gasteiger partial charge < -0.3 is 10.2 Å². The fourth-order valence-corrected chi connectivity index (χ4v) is 5.51. The number of halogens is 1. The number of hydrogen-bond donors (Lipinski definition) is 1. The van der Waals surface area contributed by atoms with Gasteiger partial charge in [-0.1, -0.05) is 72.3 Å². The first-order chi connectivity index (χ1) is 18.7. The Bertz CT molecular complexity index is 1450. The molecular weight excluding hydrogens is 546 g/mol. The van der Waals surface area contributed by atoms with E-state index < -0.39 is 34.1 Å². The number of sulfonamides is 1. The standard InChI is InChI=1S/C31H38ClN3O4S/c1-22-13-12-18-27(23(22)2)35(40(6,38)39)21-29(36)34(20-25-16-10-11-17-26(25)32)28(30(37)33-31(3,4)5)19-24-14-8-7-9-15-24/h7-18,28H,19-21H2,1-6H3,(H,33,37)/t28-/m0/s1. The van der Waals surface area contributed by atoms with Crippen LogP contribution in [0.1, 0.15) is 43.0 Å². The Morgan fingerprint density at radius 1 is 0.925 bits per heavy atom. The van der Waals surface area contributed by atoms with Gasteiger partial charge in [0.2, 0.25) is 21.8 Å². The summed E-state index contributed by atoms with van der Waals surface area (Å²) in [6.45, 7) is 8.88. The van der Waals surface area contributed by atoms with Crippen LogP contribution in [0.2, 0.25) is 5.02 Å². The lowest BCUT2D eigenvalue weighted by Gasteiger charge is -2.35. The molecule has 3 aromatic rings. The number of nitrogens with one attached hydrogen (secondary N) is 1. The first kappa shape index (κ1) is 31.2. The second-order valence-electron chi connectivity index (χ2n) is 11.0. The molecule has 0 unspecified atom stereocenters. The summed E-state index contributed by atoms with van der Waals surface area (Å²) in [4.78, 5) is 29.4. The maximum Gasteiger partial charge on any atom is 0.244 e. The Morgan fingerprint density at radius 3 is 2.15 bits per heavy atom. The van der Waals surface area contributed by atoms with Crippen molar-refractivity contribution in [1.29, 1.82) is 0 Å². The Kier molecular flexibility index (Phi) is 10.0. The minimum absolute atomic E-state index is 0.0258. The van der Waals surface area contributed by atoms with E-state index in [2.05, 4.69) is 5.32 Å². The molecule has 0 aliphatic rings. The van der Waals surface area contributed by atoms with Gasteiger partial charge in [0.1, 0.15) is 12.6 Å². The van der Waals surface area contributed by atoms with E-state index in [9.17, 15) is 18.0 Å². The van der Waals surface area contributed by atoms with Crippen molar-refractivity contribution in [2.24, 2.45) is 0 Å². The fraction of sp³-hybridized carbons (Fsp3) is 0.355. The highest BCUT2D eigenvalue weighted by Gasteiger charge is 2.34. The van der Waals surface area contributed by atoms with Crippen LogP contribution in [0.25, 0.3) is 0 Å². The molecule has 3 aromatic carbocycles. The van der Waals surface area contributed by atoms with Crippen LogP contribution in [0.4, 0.5) is 5.69 Å². The molecule has 0 aromatic heterocycles. The van der Waals surface area contributed by atoms with Gasteiger partial charge in [-0.2, -0.15) is 0 Å². The molecule has 0 aliphatic carbocycles. The summed E-state index contributed by atoms with van der Waals surface area (Å²) < 4.78 is 27.1. The lowest BCUT2D eigenvalue weighted by Crippen LogP contribution is -2.56. The highest BCUT2D eigenvalue weighted by molar-refractivity contribution is 7.92. The molecule has 7 nitrogen and oxygen atoms in total. The van der Waals surface area contributed by atoms with Gasteiger partial charge in [-0.05, 0) is 69.0 Å². The Balaban J connectivity index is 2.11. The summed E-state index contributed by atoms with van der Waals surface area (Å²) in [6.07, 6.45) is 1.31. The minimum Gasteiger partial charge on any atom is -0.350 e. The predicted molar refractivity (Wildman–Crippen MR) is 162 cm³/mol. The third kappa shape index (κ3) is 8.32. The average Bonchev–Trinajstić information content (AvgIpc) is 2.86. The molecule has 9 heteroatoms. The van der Waals surface area contributed by atoms with E-state index in [1.165, 1.54) is 4.90 Å². The number of rotatable bonds is 10. The van der Waals surface area contributed by atoms with E-state index in [0.717, 1.165) is 27.3 Å². The molecular formula is C31H38ClN3O4S. The van der Waals surface area contributed by atoms with Gasteiger partial charge in [0.15, 0.2) is 0 Å². The quantitative estimate of drug-likeness (QED) is 0.352. The van der Waals surface area contributed by atoms with Gasteiger partial charge in [0.05, 0.1) is 11.9 Å². The van der Waals surface area contributed by atoms with E-state index in [4.69, 9.17) is 11.6 Å². The van der Waals surface area contributed by atoms with Crippen LogP contribution in [-0.2, 0) is 32.6 Å². The largest absolute Gasteiger partial charge is 0.350 e. The first-order valence-electron chi connectivity index (χ1n) is 13.1. The zero-order valence-electron chi connectivity index (χ0n) is 23.9. The van der Waals surface area contributed by atoms with Crippen molar-refractivity contribution < 1.29 is 18.0 Å². The van der Waals surface area contributed by atoms with Crippen LogP contribution in [0.15, 0.2) is 72.8 Å². The Hall–Kier alpha value is -3.36. The SMILES string of the molecule is Cc1cccc(N(CC(=O)N(Cc2ccccc2Cl)[C@@H](Cc2ccccc2)C(=O)NC(C)(C)C)S(C)(=O)=O)c1C. The number of benzene rings is 3. The van der Waals surface area contributed by atoms with E-state index in [0.29, 0.717) is 16.3 Å². The Morgan fingerprint density at radius 2 is 1.55 bits per heavy atom. The molecule has 0 saturated carbocycles. The van der Waals surface area contributed by atoms with Gasteiger partial charge in [-0.15, -0.1) is 0 Å². The van der Waals surface area contributed by atoms with Crippen molar-refractivity contribution in [3.63, 3.8) is 0 Å². The Labute approximate surface area is 243 Å². The summed E-state index contributed by atoms with van der Waals surface area (Å²) in [5.74, 6) is -0.856. The lowest BCUT2D eigenvalue weighted by atomic mass is 10.0. The molecule has 0 heterocycles. The number of hydrogen-bond acceptors (Lipinski definition) is 4.